The van der Waals surface area contributed by atoms with Crippen LogP contribution in [0.15, 0.2) is 30.5 Å². The second-order valence-corrected chi connectivity index (χ2v) is 4.25. The number of rotatable bonds is 5. The van der Waals surface area contributed by atoms with Crippen molar-refractivity contribution < 1.29 is 4.74 Å². The van der Waals surface area contributed by atoms with Crippen LogP contribution in [-0.2, 0) is 0 Å². The van der Waals surface area contributed by atoms with Crippen molar-refractivity contribution in [2.75, 3.05) is 17.3 Å². The summed E-state index contributed by atoms with van der Waals surface area (Å²) in [6, 6.07) is 7.60. The summed E-state index contributed by atoms with van der Waals surface area (Å²) < 4.78 is 5.41. The molecule has 5 N–H and O–H groups in total. The molecule has 0 saturated carbocycles. The van der Waals surface area contributed by atoms with Gasteiger partial charge in [-0.2, -0.15) is 15.1 Å². The average molecular weight is 285 g/mol. The van der Waals surface area contributed by atoms with Crippen molar-refractivity contribution in [1.82, 2.24) is 20.2 Å². The van der Waals surface area contributed by atoms with E-state index < -0.39 is 0 Å². The van der Waals surface area contributed by atoms with Crippen molar-refractivity contribution in [1.29, 1.82) is 0 Å². The van der Waals surface area contributed by atoms with Crippen molar-refractivity contribution in [2.45, 2.75) is 6.92 Å². The minimum atomic E-state index is 0.306. The van der Waals surface area contributed by atoms with Gasteiger partial charge in [-0.25, -0.2) is 5.84 Å². The summed E-state index contributed by atoms with van der Waals surface area (Å²) in [6.45, 7) is 2.59. The predicted molar refractivity (Wildman–Crippen MR) is 80.4 cm³/mol. The first-order chi connectivity index (χ1) is 10.3. The van der Waals surface area contributed by atoms with E-state index in [1.807, 2.05) is 31.2 Å². The van der Waals surface area contributed by atoms with Crippen LogP contribution in [0.5, 0.6) is 5.75 Å². The number of nitrogens with one attached hydrogen (secondary N) is 3. The van der Waals surface area contributed by atoms with E-state index in [1.54, 1.807) is 6.20 Å². The molecule has 0 saturated heterocycles. The number of hydrogen-bond acceptors (Lipinski definition) is 7. The quantitative estimate of drug-likeness (QED) is 0.417. The lowest BCUT2D eigenvalue weighted by molar-refractivity contribution is 0.340. The molecule has 108 valence electrons. The fourth-order valence-corrected chi connectivity index (χ4v) is 1.93. The first kappa shape index (κ1) is 13.1. The number of H-pyrrole nitrogens is 1. The minimum absolute atomic E-state index is 0.306. The fraction of sp³-hybridized carbons (Fsp3) is 0.154. The first-order valence-electron chi connectivity index (χ1n) is 6.47. The van der Waals surface area contributed by atoms with E-state index in [1.165, 1.54) is 0 Å². The highest BCUT2D eigenvalue weighted by Gasteiger charge is 2.09. The topological polar surface area (TPSA) is 114 Å². The molecule has 0 aliphatic heterocycles. The highest BCUT2D eigenvalue weighted by molar-refractivity contribution is 5.88. The van der Waals surface area contributed by atoms with E-state index in [2.05, 4.69) is 30.9 Å². The highest BCUT2D eigenvalue weighted by atomic mass is 16.5. The van der Waals surface area contributed by atoms with Crippen LogP contribution in [0.25, 0.3) is 11.0 Å². The van der Waals surface area contributed by atoms with Gasteiger partial charge in [0.25, 0.3) is 0 Å². The molecule has 0 unspecified atom stereocenters. The zero-order chi connectivity index (χ0) is 14.7. The summed E-state index contributed by atoms with van der Waals surface area (Å²) in [7, 11) is 0. The zero-order valence-electron chi connectivity index (χ0n) is 11.4. The molecule has 8 nitrogen and oxygen atoms in total. The molecule has 0 aliphatic rings. The Labute approximate surface area is 120 Å². The number of ether oxygens (including phenoxy) is 1. The maximum atomic E-state index is 5.41. The molecule has 1 aromatic carbocycles. The van der Waals surface area contributed by atoms with Crippen LogP contribution in [0.4, 0.5) is 17.5 Å². The van der Waals surface area contributed by atoms with Gasteiger partial charge in [-0.3, -0.25) is 10.5 Å². The summed E-state index contributed by atoms with van der Waals surface area (Å²) in [5, 5.41) is 10.7. The molecular formula is C13H15N7O. The maximum Gasteiger partial charge on any atom is 0.241 e. The Bertz CT molecular complexity index is 738. The van der Waals surface area contributed by atoms with Gasteiger partial charge in [0, 0.05) is 5.69 Å². The van der Waals surface area contributed by atoms with E-state index in [-0.39, 0.29) is 0 Å². The number of aromatic amines is 1. The Morgan fingerprint density at radius 3 is 2.76 bits per heavy atom. The minimum Gasteiger partial charge on any atom is -0.494 e. The van der Waals surface area contributed by atoms with Crippen LogP contribution in [0.2, 0.25) is 0 Å². The summed E-state index contributed by atoms with van der Waals surface area (Å²) >= 11 is 0. The molecule has 0 radical (unpaired) electrons. The average Bonchev–Trinajstić information content (AvgIpc) is 2.98. The van der Waals surface area contributed by atoms with Gasteiger partial charge in [-0.15, -0.1) is 0 Å². The summed E-state index contributed by atoms with van der Waals surface area (Å²) in [6.07, 6.45) is 1.66. The number of hydrazine groups is 1. The van der Waals surface area contributed by atoms with Crippen LogP contribution in [0.1, 0.15) is 6.92 Å². The van der Waals surface area contributed by atoms with Gasteiger partial charge in [0.2, 0.25) is 5.95 Å². The maximum absolute atomic E-state index is 5.41. The Morgan fingerprint density at radius 1 is 1.24 bits per heavy atom. The number of aromatic nitrogens is 4. The number of anilines is 3. The Kier molecular flexibility index (Phi) is 3.52. The monoisotopic (exact) mass is 285 g/mol. The lowest BCUT2D eigenvalue weighted by Gasteiger charge is -2.09. The second-order valence-electron chi connectivity index (χ2n) is 4.25. The molecule has 0 bridgehead atoms. The van der Waals surface area contributed by atoms with Crippen LogP contribution in [-0.4, -0.2) is 26.8 Å². The van der Waals surface area contributed by atoms with Gasteiger partial charge in [0.05, 0.1) is 18.2 Å². The molecule has 3 rings (SSSR count). The molecular weight excluding hydrogens is 270 g/mol. The highest BCUT2D eigenvalue weighted by Crippen LogP contribution is 2.24. The van der Waals surface area contributed by atoms with Crippen molar-refractivity contribution in [3.05, 3.63) is 30.5 Å². The molecule has 3 aromatic rings. The fourth-order valence-electron chi connectivity index (χ4n) is 1.93. The largest absolute Gasteiger partial charge is 0.494 e. The third-order valence-electron chi connectivity index (χ3n) is 2.87. The molecule has 8 heteroatoms. The molecule has 0 fully saturated rings. The number of hydrogen-bond donors (Lipinski definition) is 4. The number of fused-ring (bicyclic) bond motifs is 1. The molecule has 2 heterocycles. The Hall–Kier alpha value is -2.87. The van der Waals surface area contributed by atoms with Crippen molar-refractivity contribution >= 4 is 28.5 Å². The Balaban J connectivity index is 1.91. The van der Waals surface area contributed by atoms with Gasteiger partial charge in [0.15, 0.2) is 5.65 Å². The van der Waals surface area contributed by atoms with Crippen molar-refractivity contribution in [2.24, 2.45) is 5.84 Å². The first-order valence-corrected chi connectivity index (χ1v) is 6.47. The molecule has 2 aromatic heterocycles. The molecule has 21 heavy (non-hydrogen) atoms. The number of nitrogens with two attached hydrogens (primary N) is 1. The lowest BCUT2D eigenvalue weighted by atomic mass is 10.3. The summed E-state index contributed by atoms with van der Waals surface area (Å²) in [4.78, 5) is 8.47. The van der Waals surface area contributed by atoms with Crippen LogP contribution in [0, 0.1) is 0 Å². The zero-order valence-corrected chi connectivity index (χ0v) is 11.4. The van der Waals surface area contributed by atoms with Crippen LogP contribution in [0.3, 0.4) is 0 Å². The van der Waals surface area contributed by atoms with Crippen molar-refractivity contribution in [3.63, 3.8) is 0 Å². The normalized spacial score (nSPS) is 10.6. The molecule has 0 atom stereocenters. The van der Waals surface area contributed by atoms with Gasteiger partial charge in [-0.05, 0) is 31.2 Å². The van der Waals surface area contributed by atoms with Gasteiger partial charge >= 0.3 is 0 Å². The third kappa shape index (κ3) is 2.70. The van der Waals surface area contributed by atoms with Crippen LogP contribution < -0.4 is 21.3 Å². The van der Waals surface area contributed by atoms with E-state index in [0.29, 0.717) is 24.0 Å². The van der Waals surface area contributed by atoms with E-state index >= 15 is 0 Å². The van der Waals surface area contributed by atoms with E-state index in [0.717, 1.165) is 16.8 Å². The molecule has 0 spiro atoms. The number of nitrogen functional groups attached to an aromatic ring is 1. The standard InChI is InChI=1S/C13H15N7O/c1-2-21-9-5-3-8(4-6-9)16-11-10-7-15-20-12(10)18-13(17-11)19-14/h3-7H,2,14H2,1H3,(H3,15,16,17,18,19,20). The number of benzene rings is 1. The summed E-state index contributed by atoms with van der Waals surface area (Å²) in [5.74, 6) is 7.12. The van der Waals surface area contributed by atoms with Crippen LogP contribution >= 0.6 is 0 Å². The van der Waals surface area contributed by atoms with Gasteiger partial charge in [-0.1, -0.05) is 0 Å². The number of nitrogens with zero attached hydrogens (tertiary/aromatic N) is 3. The van der Waals surface area contributed by atoms with Crippen molar-refractivity contribution in [3.8, 4) is 5.75 Å². The SMILES string of the molecule is CCOc1ccc(Nc2nc(NN)nc3[nH]ncc23)cc1. The molecule has 0 aliphatic carbocycles. The lowest BCUT2D eigenvalue weighted by Crippen LogP contribution is -2.11. The molecule has 0 amide bonds. The second kappa shape index (κ2) is 5.63. The Morgan fingerprint density at radius 2 is 2.05 bits per heavy atom. The summed E-state index contributed by atoms with van der Waals surface area (Å²) in [5.41, 5.74) is 3.91. The third-order valence-corrected chi connectivity index (χ3v) is 2.87. The van der Waals surface area contributed by atoms with E-state index in [4.69, 9.17) is 10.6 Å². The van der Waals surface area contributed by atoms with Gasteiger partial charge in [0.1, 0.15) is 11.6 Å². The van der Waals surface area contributed by atoms with E-state index in [9.17, 15) is 0 Å². The smallest absolute Gasteiger partial charge is 0.241 e. The predicted octanol–water partition coefficient (Wildman–Crippen LogP) is 1.78. The van der Waals surface area contributed by atoms with Gasteiger partial charge < -0.3 is 10.1 Å².